The molecule has 0 unspecified atom stereocenters. The lowest BCUT2D eigenvalue weighted by Gasteiger charge is -2.04. The molecule has 0 bridgehead atoms. The van der Waals surface area contributed by atoms with Crippen LogP contribution in [0.25, 0.3) is 0 Å². The normalized spacial score (nSPS) is 10.3. The number of aryl methyl sites for hydroxylation is 1. The number of hydrogen-bond donors (Lipinski definition) is 2. The van der Waals surface area contributed by atoms with Crippen LogP contribution in [0.15, 0.2) is 28.8 Å². The lowest BCUT2D eigenvalue weighted by atomic mass is 10.2. The van der Waals surface area contributed by atoms with Gasteiger partial charge in [0.1, 0.15) is 11.6 Å². The van der Waals surface area contributed by atoms with E-state index in [-0.39, 0.29) is 23.7 Å². The highest BCUT2D eigenvalue weighted by atomic mass is 19.1. The van der Waals surface area contributed by atoms with Gasteiger partial charge in [-0.3, -0.25) is 4.79 Å². The van der Waals surface area contributed by atoms with Crippen LogP contribution in [-0.4, -0.2) is 10.9 Å². The predicted molar refractivity (Wildman–Crippen MR) is 63.2 cm³/mol. The number of nitrogens with one attached hydrogen (secondary N) is 1. The lowest BCUT2D eigenvalue weighted by molar-refractivity contribution is 0.0947. The van der Waals surface area contributed by atoms with E-state index in [1.54, 1.807) is 13.1 Å². The Labute approximate surface area is 103 Å². The van der Waals surface area contributed by atoms with Crippen molar-refractivity contribution in [2.75, 3.05) is 5.73 Å². The van der Waals surface area contributed by atoms with Gasteiger partial charge in [0.2, 0.25) is 5.89 Å². The molecule has 0 aliphatic heterocycles. The van der Waals surface area contributed by atoms with E-state index in [2.05, 4.69) is 10.3 Å². The van der Waals surface area contributed by atoms with Gasteiger partial charge >= 0.3 is 0 Å². The summed E-state index contributed by atoms with van der Waals surface area (Å²) in [6.45, 7) is 1.93. The third kappa shape index (κ3) is 2.65. The predicted octanol–water partition coefficient (Wildman–Crippen LogP) is 1.63. The smallest absolute Gasteiger partial charge is 0.251 e. The average Bonchev–Trinajstić information content (AvgIpc) is 2.75. The molecular weight excluding hydrogens is 237 g/mol. The summed E-state index contributed by atoms with van der Waals surface area (Å²) in [5.41, 5.74) is 5.61. The minimum atomic E-state index is -0.546. The Morgan fingerprint density at radius 3 is 2.94 bits per heavy atom. The number of nitrogens with two attached hydrogens (primary N) is 1. The van der Waals surface area contributed by atoms with E-state index in [1.165, 1.54) is 12.1 Å². The number of anilines is 1. The highest BCUT2D eigenvalue weighted by Gasteiger charge is 2.09. The summed E-state index contributed by atoms with van der Waals surface area (Å²) in [4.78, 5) is 15.7. The highest BCUT2D eigenvalue weighted by Crippen LogP contribution is 2.12. The maximum absolute atomic E-state index is 12.9. The Hall–Kier alpha value is -2.37. The van der Waals surface area contributed by atoms with Gasteiger partial charge in [-0.25, -0.2) is 9.37 Å². The van der Waals surface area contributed by atoms with E-state index in [9.17, 15) is 9.18 Å². The second-order valence-corrected chi connectivity index (χ2v) is 3.78. The lowest BCUT2D eigenvalue weighted by Crippen LogP contribution is -2.23. The first-order chi connectivity index (χ1) is 8.56. The molecular formula is C12H12FN3O2. The van der Waals surface area contributed by atoms with Gasteiger partial charge < -0.3 is 15.5 Å². The first-order valence-electron chi connectivity index (χ1n) is 5.31. The van der Waals surface area contributed by atoms with Crippen LogP contribution in [0.1, 0.15) is 22.0 Å². The third-order valence-electron chi connectivity index (χ3n) is 2.33. The topological polar surface area (TPSA) is 81.2 Å². The molecule has 0 aliphatic carbocycles. The standard InChI is InChI=1S/C12H12FN3O2/c1-7-5-15-11(18-7)6-16-12(17)8-2-3-9(13)10(14)4-8/h2-5H,6,14H2,1H3,(H,16,17). The molecule has 1 amide bonds. The van der Waals surface area contributed by atoms with E-state index in [0.29, 0.717) is 11.7 Å². The fourth-order valence-electron chi connectivity index (χ4n) is 1.43. The molecule has 0 fully saturated rings. The van der Waals surface area contributed by atoms with Crippen molar-refractivity contribution in [3.05, 3.63) is 47.4 Å². The molecule has 6 heteroatoms. The van der Waals surface area contributed by atoms with Crippen molar-refractivity contribution in [2.24, 2.45) is 0 Å². The van der Waals surface area contributed by atoms with Crippen molar-refractivity contribution in [3.63, 3.8) is 0 Å². The summed E-state index contributed by atoms with van der Waals surface area (Å²) in [5.74, 6) is 0.175. The van der Waals surface area contributed by atoms with Gasteiger partial charge in [-0.15, -0.1) is 0 Å². The Kier molecular flexibility index (Phi) is 3.27. The summed E-state index contributed by atoms with van der Waals surface area (Å²) in [7, 11) is 0. The number of rotatable bonds is 3. The van der Waals surface area contributed by atoms with Crippen LogP contribution in [-0.2, 0) is 6.54 Å². The van der Waals surface area contributed by atoms with E-state index in [0.717, 1.165) is 6.07 Å². The number of aromatic nitrogens is 1. The number of halogens is 1. The number of amides is 1. The fraction of sp³-hybridized carbons (Fsp3) is 0.167. The minimum Gasteiger partial charge on any atom is -0.444 e. The van der Waals surface area contributed by atoms with E-state index >= 15 is 0 Å². The second kappa shape index (κ2) is 4.87. The molecule has 2 rings (SSSR count). The van der Waals surface area contributed by atoms with E-state index < -0.39 is 5.82 Å². The van der Waals surface area contributed by atoms with Crippen LogP contribution < -0.4 is 11.1 Å². The molecule has 0 saturated heterocycles. The van der Waals surface area contributed by atoms with Gasteiger partial charge in [-0.2, -0.15) is 0 Å². The molecule has 0 aliphatic rings. The molecule has 0 spiro atoms. The van der Waals surface area contributed by atoms with Crippen molar-refractivity contribution in [1.82, 2.24) is 10.3 Å². The molecule has 0 radical (unpaired) electrons. The van der Waals surface area contributed by atoms with E-state index in [1.807, 2.05) is 0 Å². The Bertz CT molecular complexity index is 580. The van der Waals surface area contributed by atoms with Gasteiger partial charge in [-0.05, 0) is 25.1 Å². The van der Waals surface area contributed by atoms with Crippen molar-refractivity contribution >= 4 is 11.6 Å². The first-order valence-corrected chi connectivity index (χ1v) is 5.31. The summed E-state index contributed by atoms with van der Waals surface area (Å²) >= 11 is 0. The number of carbonyl (C=O) groups is 1. The Morgan fingerprint density at radius 2 is 2.33 bits per heavy atom. The minimum absolute atomic E-state index is 0.0605. The fourth-order valence-corrected chi connectivity index (χ4v) is 1.43. The number of carbonyl (C=O) groups excluding carboxylic acids is 1. The van der Waals surface area contributed by atoms with Gasteiger partial charge in [-0.1, -0.05) is 0 Å². The van der Waals surface area contributed by atoms with E-state index in [4.69, 9.17) is 10.2 Å². The van der Waals surface area contributed by atoms with Crippen LogP contribution in [0.4, 0.5) is 10.1 Å². The molecule has 2 aromatic rings. The maximum Gasteiger partial charge on any atom is 0.251 e. The number of oxazole rings is 1. The molecule has 3 N–H and O–H groups in total. The quantitative estimate of drug-likeness (QED) is 0.810. The molecule has 5 nitrogen and oxygen atoms in total. The third-order valence-corrected chi connectivity index (χ3v) is 2.33. The van der Waals surface area contributed by atoms with Gasteiger partial charge in [0.05, 0.1) is 18.4 Å². The molecule has 1 aromatic heterocycles. The van der Waals surface area contributed by atoms with Crippen molar-refractivity contribution in [2.45, 2.75) is 13.5 Å². The summed E-state index contributed by atoms with van der Waals surface area (Å²) < 4.78 is 18.1. The number of nitrogen functional groups attached to an aromatic ring is 1. The summed E-state index contributed by atoms with van der Waals surface area (Å²) in [6, 6.07) is 3.80. The van der Waals surface area contributed by atoms with Crippen LogP contribution in [0.2, 0.25) is 0 Å². The Morgan fingerprint density at radius 1 is 1.56 bits per heavy atom. The van der Waals surface area contributed by atoms with Crippen LogP contribution in [0.3, 0.4) is 0 Å². The summed E-state index contributed by atoms with van der Waals surface area (Å²) in [6.07, 6.45) is 1.57. The van der Waals surface area contributed by atoms with Crippen molar-refractivity contribution in [3.8, 4) is 0 Å². The SMILES string of the molecule is Cc1cnc(CNC(=O)c2ccc(F)c(N)c2)o1. The Balaban J connectivity index is 2.01. The monoisotopic (exact) mass is 249 g/mol. The van der Waals surface area contributed by atoms with Gasteiger partial charge in [0, 0.05) is 5.56 Å². The molecule has 18 heavy (non-hydrogen) atoms. The molecule has 1 heterocycles. The first kappa shape index (κ1) is 12.1. The largest absolute Gasteiger partial charge is 0.444 e. The molecule has 0 saturated carbocycles. The van der Waals surface area contributed by atoms with Crippen molar-refractivity contribution in [1.29, 1.82) is 0 Å². The average molecular weight is 249 g/mol. The summed E-state index contributed by atoms with van der Waals surface area (Å²) in [5, 5.41) is 2.60. The zero-order valence-electron chi connectivity index (χ0n) is 9.74. The maximum atomic E-state index is 12.9. The zero-order valence-corrected chi connectivity index (χ0v) is 9.74. The number of hydrogen-bond acceptors (Lipinski definition) is 4. The van der Waals surface area contributed by atoms with Gasteiger partial charge in [0.25, 0.3) is 5.91 Å². The van der Waals surface area contributed by atoms with Crippen LogP contribution >= 0.6 is 0 Å². The van der Waals surface area contributed by atoms with Crippen LogP contribution in [0.5, 0.6) is 0 Å². The highest BCUT2D eigenvalue weighted by molar-refractivity contribution is 5.94. The van der Waals surface area contributed by atoms with Crippen molar-refractivity contribution < 1.29 is 13.6 Å². The van der Waals surface area contributed by atoms with Gasteiger partial charge in [0.15, 0.2) is 0 Å². The molecule has 0 atom stereocenters. The second-order valence-electron chi connectivity index (χ2n) is 3.78. The number of benzene rings is 1. The van der Waals surface area contributed by atoms with Crippen LogP contribution in [0, 0.1) is 12.7 Å². The molecule has 1 aromatic carbocycles. The molecule has 94 valence electrons. The number of nitrogens with zero attached hydrogens (tertiary/aromatic N) is 1. The zero-order chi connectivity index (χ0) is 13.1.